The minimum absolute atomic E-state index is 0.186. The molecule has 0 N–H and O–H groups in total. The van der Waals surface area contributed by atoms with Gasteiger partial charge in [0.05, 0.1) is 12.7 Å². The summed E-state index contributed by atoms with van der Waals surface area (Å²) >= 11 is 0. The predicted octanol–water partition coefficient (Wildman–Crippen LogP) is 4.34. The normalized spacial score (nSPS) is 23.4. The number of hydrogen-bond donors (Lipinski definition) is 0. The first-order valence-corrected chi connectivity index (χ1v) is 7.30. The molecule has 0 amide bonds. The molecule has 19 heavy (non-hydrogen) atoms. The Bertz CT molecular complexity index is 429. The summed E-state index contributed by atoms with van der Waals surface area (Å²) in [5, 5.41) is 0. The van der Waals surface area contributed by atoms with Gasteiger partial charge in [-0.2, -0.15) is 0 Å². The topological polar surface area (TPSA) is 26.3 Å². The highest BCUT2D eigenvalue weighted by Gasteiger charge is 2.29. The van der Waals surface area contributed by atoms with Crippen LogP contribution in [0, 0.1) is 17.8 Å². The summed E-state index contributed by atoms with van der Waals surface area (Å²) in [5.74, 6) is 2.69. The zero-order valence-corrected chi connectivity index (χ0v) is 12.2. The molecule has 0 heterocycles. The van der Waals surface area contributed by atoms with Crippen molar-refractivity contribution in [2.75, 3.05) is 7.11 Å². The third-order valence-electron chi connectivity index (χ3n) is 4.46. The smallest absolute Gasteiger partial charge is 0.169 e. The molecule has 0 atom stereocenters. The minimum atomic E-state index is 0.186. The van der Waals surface area contributed by atoms with Crippen molar-refractivity contribution in [3.05, 3.63) is 29.8 Å². The van der Waals surface area contributed by atoms with Crippen LogP contribution in [0.15, 0.2) is 24.3 Å². The van der Waals surface area contributed by atoms with Crippen LogP contribution in [0.2, 0.25) is 0 Å². The molecule has 2 nitrogen and oxygen atoms in total. The molecule has 2 rings (SSSR count). The monoisotopic (exact) mass is 260 g/mol. The third-order valence-corrected chi connectivity index (χ3v) is 4.46. The van der Waals surface area contributed by atoms with Gasteiger partial charge in [0, 0.05) is 5.92 Å². The van der Waals surface area contributed by atoms with Gasteiger partial charge in [-0.05, 0) is 49.7 Å². The fraction of sp³-hybridized carbons (Fsp3) is 0.588. The van der Waals surface area contributed by atoms with E-state index in [1.165, 1.54) is 12.8 Å². The minimum Gasteiger partial charge on any atom is -0.496 e. The molecule has 104 valence electrons. The highest BCUT2D eigenvalue weighted by atomic mass is 16.5. The Morgan fingerprint density at radius 2 is 1.79 bits per heavy atom. The molecule has 1 aliphatic rings. The molecule has 0 radical (unpaired) electrons. The zero-order valence-electron chi connectivity index (χ0n) is 12.2. The first-order chi connectivity index (χ1) is 9.13. The lowest BCUT2D eigenvalue weighted by Gasteiger charge is -2.30. The van der Waals surface area contributed by atoms with Gasteiger partial charge in [-0.25, -0.2) is 0 Å². The van der Waals surface area contributed by atoms with Crippen LogP contribution in [-0.2, 0) is 0 Å². The molecule has 0 aromatic heterocycles. The largest absolute Gasteiger partial charge is 0.496 e. The molecule has 1 saturated carbocycles. The van der Waals surface area contributed by atoms with E-state index in [1.54, 1.807) is 7.11 Å². The van der Waals surface area contributed by atoms with Gasteiger partial charge in [-0.15, -0.1) is 0 Å². The lowest BCUT2D eigenvalue weighted by molar-refractivity contribution is 0.0856. The van der Waals surface area contributed by atoms with Crippen LogP contribution in [0.1, 0.15) is 49.9 Å². The second-order valence-electron chi connectivity index (χ2n) is 5.92. The highest BCUT2D eigenvalue weighted by Crippen LogP contribution is 2.35. The molecule has 1 aliphatic carbocycles. The second kappa shape index (κ2) is 6.23. The van der Waals surface area contributed by atoms with Crippen molar-refractivity contribution >= 4 is 5.78 Å². The Hall–Kier alpha value is -1.31. The Labute approximate surface area is 116 Å². The molecular formula is C17H24O2. The van der Waals surface area contributed by atoms with Gasteiger partial charge in [0.1, 0.15) is 5.75 Å². The van der Waals surface area contributed by atoms with E-state index >= 15 is 0 Å². The van der Waals surface area contributed by atoms with Gasteiger partial charge in [-0.3, -0.25) is 4.79 Å². The van der Waals surface area contributed by atoms with Crippen LogP contribution < -0.4 is 4.74 Å². The second-order valence-corrected chi connectivity index (χ2v) is 5.92. The average Bonchev–Trinajstić information content (AvgIpc) is 2.46. The van der Waals surface area contributed by atoms with Crippen LogP contribution in [-0.4, -0.2) is 12.9 Å². The first-order valence-electron chi connectivity index (χ1n) is 7.30. The summed E-state index contributed by atoms with van der Waals surface area (Å²) in [6, 6.07) is 7.57. The fourth-order valence-electron chi connectivity index (χ4n) is 3.12. The van der Waals surface area contributed by atoms with Crippen molar-refractivity contribution in [2.45, 2.75) is 39.5 Å². The zero-order chi connectivity index (χ0) is 13.8. The van der Waals surface area contributed by atoms with Gasteiger partial charge in [0.2, 0.25) is 0 Å². The van der Waals surface area contributed by atoms with E-state index < -0.39 is 0 Å². The summed E-state index contributed by atoms with van der Waals surface area (Å²) in [6.45, 7) is 4.57. The van der Waals surface area contributed by atoms with E-state index in [2.05, 4.69) is 13.8 Å². The molecule has 0 saturated heterocycles. The Kier molecular flexibility index (Phi) is 4.62. The van der Waals surface area contributed by atoms with Crippen LogP contribution in [0.3, 0.4) is 0 Å². The molecule has 0 unspecified atom stereocenters. The molecule has 0 spiro atoms. The summed E-state index contributed by atoms with van der Waals surface area (Å²) in [5.41, 5.74) is 0.748. The van der Waals surface area contributed by atoms with Crippen molar-refractivity contribution in [1.29, 1.82) is 0 Å². The van der Waals surface area contributed by atoms with E-state index in [0.29, 0.717) is 5.75 Å². The number of para-hydroxylation sites is 1. The van der Waals surface area contributed by atoms with Gasteiger partial charge >= 0.3 is 0 Å². The van der Waals surface area contributed by atoms with Crippen molar-refractivity contribution in [3.8, 4) is 5.75 Å². The third kappa shape index (κ3) is 3.17. The van der Waals surface area contributed by atoms with Crippen molar-refractivity contribution in [2.24, 2.45) is 17.8 Å². The van der Waals surface area contributed by atoms with Gasteiger partial charge < -0.3 is 4.74 Å². The molecular weight excluding hydrogens is 236 g/mol. The number of methoxy groups -OCH3 is 1. The lowest BCUT2D eigenvalue weighted by atomic mass is 9.74. The maximum atomic E-state index is 12.6. The summed E-state index contributed by atoms with van der Waals surface area (Å²) in [6.07, 6.45) is 4.42. The Morgan fingerprint density at radius 3 is 2.37 bits per heavy atom. The fourth-order valence-corrected chi connectivity index (χ4v) is 3.12. The van der Waals surface area contributed by atoms with E-state index in [-0.39, 0.29) is 11.7 Å². The number of hydrogen-bond acceptors (Lipinski definition) is 2. The van der Waals surface area contributed by atoms with E-state index in [9.17, 15) is 4.79 Å². The number of Topliss-reactive ketones (excluding diaryl/α,β-unsaturated/α-hetero) is 1. The van der Waals surface area contributed by atoms with E-state index in [1.807, 2.05) is 24.3 Å². The van der Waals surface area contributed by atoms with Gasteiger partial charge in [0.15, 0.2) is 5.78 Å². The Balaban J connectivity index is 2.05. The average molecular weight is 260 g/mol. The van der Waals surface area contributed by atoms with Crippen LogP contribution >= 0.6 is 0 Å². The first kappa shape index (κ1) is 14.1. The molecule has 1 fully saturated rings. The number of benzene rings is 1. The highest BCUT2D eigenvalue weighted by molar-refractivity contribution is 6.00. The number of ketones is 1. The van der Waals surface area contributed by atoms with E-state index in [0.717, 1.165) is 30.2 Å². The summed E-state index contributed by atoms with van der Waals surface area (Å²) in [4.78, 5) is 12.6. The van der Waals surface area contributed by atoms with Crippen molar-refractivity contribution < 1.29 is 9.53 Å². The molecule has 0 aliphatic heterocycles. The van der Waals surface area contributed by atoms with Gasteiger partial charge in [-0.1, -0.05) is 26.0 Å². The molecule has 2 heteroatoms. The number of carbonyl (C=O) groups excluding carboxylic acids is 1. The van der Waals surface area contributed by atoms with Crippen molar-refractivity contribution in [3.63, 3.8) is 0 Å². The number of rotatable bonds is 4. The van der Waals surface area contributed by atoms with Crippen LogP contribution in [0.4, 0.5) is 0 Å². The van der Waals surface area contributed by atoms with Crippen molar-refractivity contribution in [1.82, 2.24) is 0 Å². The van der Waals surface area contributed by atoms with E-state index in [4.69, 9.17) is 4.74 Å². The summed E-state index contributed by atoms with van der Waals surface area (Å²) in [7, 11) is 1.63. The maximum Gasteiger partial charge on any atom is 0.169 e. The maximum absolute atomic E-state index is 12.6. The molecule has 1 aromatic rings. The van der Waals surface area contributed by atoms with Crippen LogP contribution in [0.5, 0.6) is 5.75 Å². The van der Waals surface area contributed by atoms with Gasteiger partial charge in [0.25, 0.3) is 0 Å². The quantitative estimate of drug-likeness (QED) is 0.753. The SMILES string of the molecule is COc1ccccc1C(=O)C1CCC(C(C)C)CC1. The predicted molar refractivity (Wildman–Crippen MR) is 77.6 cm³/mol. The standard InChI is InChI=1S/C17H24O2/c1-12(2)13-8-10-14(11-9-13)17(18)15-6-4-5-7-16(15)19-3/h4-7,12-14H,8-11H2,1-3H3. The van der Waals surface area contributed by atoms with Crippen LogP contribution in [0.25, 0.3) is 0 Å². The molecule has 1 aromatic carbocycles. The summed E-state index contributed by atoms with van der Waals surface area (Å²) < 4.78 is 5.30. The Morgan fingerprint density at radius 1 is 1.16 bits per heavy atom. The number of ether oxygens (including phenoxy) is 1. The number of carbonyl (C=O) groups is 1. The lowest BCUT2D eigenvalue weighted by Crippen LogP contribution is -2.24. The molecule has 0 bridgehead atoms.